The molecule has 6 aromatic rings. The third-order valence-corrected chi connectivity index (χ3v) is 28.7. The first kappa shape index (κ1) is 75.9. The van der Waals surface area contributed by atoms with Gasteiger partial charge in [0.25, 0.3) is 0 Å². The van der Waals surface area contributed by atoms with Crippen LogP contribution in [-0.2, 0) is 81.2 Å². The fourth-order valence-corrected chi connectivity index (χ4v) is 24.4. The molecule has 0 saturated carbocycles. The van der Waals surface area contributed by atoms with Crippen LogP contribution in [0.2, 0.25) is 0 Å². The number of nitriles is 1. The maximum Gasteiger partial charge on any atom is 0.333 e. The summed E-state index contributed by atoms with van der Waals surface area (Å²) in [5, 5.41) is 31.6. The van der Waals surface area contributed by atoms with E-state index in [1.807, 2.05) is 86.3 Å². The van der Waals surface area contributed by atoms with E-state index in [-0.39, 0.29) is 112 Å². The zero-order valence-electron chi connectivity index (χ0n) is 62.4. The molecule has 113 heavy (non-hydrogen) atoms. The van der Waals surface area contributed by atoms with Crippen molar-refractivity contribution < 1.29 is 90.8 Å². The molecule has 2 aliphatic carbocycles. The Kier molecular flexibility index (Phi) is 18.4. The summed E-state index contributed by atoms with van der Waals surface area (Å²) in [6, 6.07) is 12.2. The smallest absolute Gasteiger partial charge is 0.333 e. The Morgan fingerprint density at radius 3 is 1.43 bits per heavy atom. The van der Waals surface area contributed by atoms with Gasteiger partial charge in [-0.2, -0.15) is 5.26 Å². The molecule has 4 aromatic carbocycles. The molecule has 16 aliphatic rings. The van der Waals surface area contributed by atoms with E-state index in [1.165, 1.54) is 51.6 Å². The van der Waals surface area contributed by atoms with Crippen LogP contribution in [0.25, 0.3) is 21.8 Å². The summed E-state index contributed by atoms with van der Waals surface area (Å²) in [6.45, 7) is 9.96. The number of ether oxygens (including phenoxy) is 10. The molecule has 0 amide bonds. The minimum atomic E-state index is -1.30. The average Bonchev–Trinajstić information content (AvgIpc) is 1.30. The molecular weight excluding hydrogens is 1490 g/mol. The number of para-hydroxylation sites is 2. The predicted octanol–water partition coefficient (Wildman–Crippen LogP) is 7.85. The minimum Gasteiger partial charge on any atom is -0.492 e. The highest BCUT2D eigenvalue weighted by atomic mass is 32.2. The summed E-state index contributed by atoms with van der Waals surface area (Å²) in [5.74, 6) is -0.709. The van der Waals surface area contributed by atoms with Crippen LogP contribution in [0.15, 0.2) is 93.5 Å². The van der Waals surface area contributed by atoms with Gasteiger partial charge in [0.15, 0.2) is 57.2 Å². The molecule has 14 aliphatic heterocycles. The Morgan fingerprint density at radius 1 is 0.575 bits per heavy atom. The Bertz CT molecular complexity index is 5460. The molecular formula is C83H87N9O19S2. The number of aliphatic hydroxyl groups is 1. The Labute approximate surface area is 659 Å². The first-order chi connectivity index (χ1) is 53.5. The molecule has 22 rings (SSSR count). The first-order valence-corrected chi connectivity index (χ1v) is 39.4. The largest absolute Gasteiger partial charge is 0.492 e. The number of thioether (sulfide) groups is 2. The lowest BCUT2D eigenvalue weighted by Gasteiger charge is -2.62. The summed E-state index contributed by atoms with van der Waals surface area (Å²) in [7, 11) is 6.54. The number of carbonyl (C=O) groups excluding carboxylic acids is 8. The van der Waals surface area contributed by atoms with Crippen molar-refractivity contribution in [3.8, 4) is 40.6 Å². The summed E-state index contributed by atoms with van der Waals surface area (Å²) in [4.78, 5) is 128. The highest BCUT2D eigenvalue weighted by molar-refractivity contribution is 7.99. The van der Waals surface area contributed by atoms with Crippen molar-refractivity contribution in [3.63, 3.8) is 0 Å². The van der Waals surface area contributed by atoms with Crippen LogP contribution in [-0.4, -0.2) is 210 Å². The Balaban J connectivity index is 0.000000161. The van der Waals surface area contributed by atoms with Crippen LogP contribution < -0.4 is 39.1 Å². The maximum absolute atomic E-state index is 14.8. The van der Waals surface area contributed by atoms with Crippen LogP contribution >= 0.6 is 23.5 Å². The summed E-state index contributed by atoms with van der Waals surface area (Å²) < 4.78 is 60.7. The lowest BCUT2D eigenvalue weighted by Crippen LogP contribution is -2.73. The first-order valence-electron chi connectivity index (χ1n) is 37.3. The van der Waals surface area contributed by atoms with Gasteiger partial charge in [-0.05, 0) is 90.7 Å². The topological polar surface area (TPSA) is 341 Å². The SMILES string of the molecule is C.C.COC1=C(C)C(=O)C2=C(C1=O)[C@@H]1C3[C@@H]4SC[C@]5(NCCc6c5[nH]c5ccccc65)C(=O)OC[C@@H](c5c6c(c(C)c(OC(C)=O)c54)OCO6)N3[C@@H](C#N)[C@H](C2)N1C.COC1=C(C)C(=O)C2=C(C1=O)[C@@H]1C3[C@@H]4SC[C@]5(NCCc6c5[nH]c5ccccc65)C(=O)OC[C@@H](c5c6c(c(C)c(OC(C)=O)c54)OCO6)N3[C@@H](O)[C@H](C2)N1C. The number of rotatable bonds is 4. The van der Waals surface area contributed by atoms with Gasteiger partial charge in [-0.15, -0.1) is 23.5 Å². The van der Waals surface area contributed by atoms with Gasteiger partial charge in [0.05, 0.1) is 72.4 Å². The van der Waals surface area contributed by atoms with E-state index >= 15 is 0 Å². The van der Waals surface area contributed by atoms with Gasteiger partial charge < -0.3 is 62.4 Å². The Morgan fingerprint density at radius 2 is 0.991 bits per heavy atom. The van der Waals surface area contributed by atoms with E-state index in [1.54, 1.807) is 13.8 Å². The third-order valence-electron chi connectivity index (χ3n) is 25.7. The number of piperazine rings is 2. The number of aliphatic hydroxyl groups excluding tert-OH is 1. The molecule has 28 nitrogen and oxygen atoms in total. The molecule has 30 heteroatoms. The van der Waals surface area contributed by atoms with E-state index < -0.39 is 106 Å². The zero-order chi connectivity index (χ0) is 77.2. The van der Waals surface area contributed by atoms with Crippen molar-refractivity contribution >= 4 is 92.3 Å². The average molecular weight is 1580 g/mol. The van der Waals surface area contributed by atoms with Crippen molar-refractivity contribution in [2.24, 2.45) is 0 Å². The second kappa shape index (κ2) is 27.5. The summed E-state index contributed by atoms with van der Waals surface area (Å²) in [5.41, 5.74) is 8.23. The number of Topliss-reactive ketones (excluding diaryl/α,β-unsaturated/α-hetero) is 4. The van der Waals surface area contributed by atoms with Gasteiger partial charge >= 0.3 is 23.9 Å². The van der Waals surface area contributed by atoms with Gasteiger partial charge in [-0.25, -0.2) is 9.59 Å². The number of carbonyl (C=O) groups is 8. The molecule has 16 heterocycles. The number of nitrogens with zero attached hydrogens (tertiary/aromatic N) is 5. The number of aromatic amines is 2. The van der Waals surface area contributed by atoms with Crippen molar-refractivity contribution in [2.45, 2.75) is 164 Å². The van der Waals surface area contributed by atoms with E-state index in [0.717, 1.165) is 44.3 Å². The number of ketones is 4. The minimum absolute atomic E-state index is 0. The number of hydrogen-bond acceptors (Lipinski definition) is 28. The number of esters is 4. The van der Waals surface area contributed by atoms with Crippen molar-refractivity contribution in [3.05, 3.63) is 149 Å². The van der Waals surface area contributed by atoms with E-state index in [9.17, 15) is 48.7 Å². The standard InChI is InChI=1S/C41H39N5O9S.C40H40N4O10S.2CH4/c1-17-32(48)22-12-24-25(13-42)46-26-14-52-40(50)41(39-21(10-11-43-41)20-8-6-7-9-23(20)44-39)15-56-38(31(46)30(45(24)4)27(22)33(49)35(17)51-5)29-28(26)37-36(53-16-54-37)18(2)34(29)55-19(3)47;1-16-30(46)21-12-23-38(48)44-24-13-51-39(49)40(37-20(10-11-41-40)19-8-6-7-9-22(19)42-37)14-55-36(29(44)28(43(23)4)25(21)31(47)33(16)50-5)27-26(24)35-34(52-15-53-35)17(2)32(27)54-18(3)45;;/h6-9,24-26,30-31,38,43-44H,10-12,14-16H2,1-5H3;6-9,23-24,28-29,36,38,41-42,48H,10-15H2,1-5H3;2*1H4/t24-,25-,26-,30+,31?,38+,41+;23-,24-,28+,29?,36+,38-,40+;;/m00../s1. The second-order valence-corrected chi connectivity index (χ2v) is 33.1. The van der Waals surface area contributed by atoms with Crippen LogP contribution in [0.4, 0.5) is 0 Å². The third kappa shape index (κ3) is 10.4. The molecule has 14 atom stereocenters. The zero-order valence-corrected chi connectivity index (χ0v) is 64.0. The molecule has 5 N–H and O–H groups in total. The molecule has 2 unspecified atom stereocenters. The second-order valence-electron chi connectivity index (χ2n) is 30.8. The van der Waals surface area contributed by atoms with Gasteiger partial charge in [0.1, 0.15) is 37.0 Å². The number of allylic oxidation sites excluding steroid dienone is 4. The normalized spacial score (nSPS) is 30.5. The number of benzene rings is 4. The molecule has 4 saturated heterocycles. The van der Waals surface area contributed by atoms with Crippen LogP contribution in [0.3, 0.4) is 0 Å². The highest BCUT2D eigenvalue weighted by Gasteiger charge is 2.66. The van der Waals surface area contributed by atoms with Crippen molar-refractivity contribution in [1.82, 2.24) is 40.2 Å². The summed E-state index contributed by atoms with van der Waals surface area (Å²) >= 11 is 2.91. The van der Waals surface area contributed by atoms with Crippen molar-refractivity contribution in [2.75, 3.05) is 79.7 Å². The number of nitrogens with one attached hydrogen (secondary N) is 4. The number of methoxy groups -OCH3 is 2. The fraction of sp³-hybridized carbons (Fsp3) is 0.458. The quantitative estimate of drug-likeness (QED) is 0.0637. The monoisotopic (exact) mass is 1580 g/mol. The van der Waals surface area contributed by atoms with Gasteiger partial charge in [0.2, 0.25) is 25.2 Å². The molecule has 2 aromatic heterocycles. The van der Waals surface area contributed by atoms with Gasteiger partial charge in [0, 0.05) is 145 Å². The highest BCUT2D eigenvalue weighted by Crippen LogP contribution is 2.66. The number of aromatic nitrogens is 2. The number of likely N-dealkylation sites (N-methyl/N-ethyl adjacent to an activating group) is 2. The van der Waals surface area contributed by atoms with Gasteiger partial charge in [-0.1, -0.05) is 51.3 Å². The van der Waals surface area contributed by atoms with Crippen molar-refractivity contribution in [1.29, 1.82) is 5.26 Å². The lowest BCUT2D eigenvalue weighted by atomic mass is 9.68. The van der Waals surface area contributed by atoms with Crippen LogP contribution in [0.5, 0.6) is 34.5 Å². The lowest BCUT2D eigenvalue weighted by molar-refractivity contribution is -0.181. The molecule has 8 bridgehead atoms. The molecule has 4 fully saturated rings. The molecule has 0 radical (unpaired) electrons. The number of hydrogen-bond donors (Lipinski definition) is 5. The number of fused-ring (bicyclic) bond motifs is 20. The predicted molar refractivity (Wildman–Crippen MR) is 412 cm³/mol. The molecule has 2 spiro atoms. The van der Waals surface area contributed by atoms with E-state index in [2.05, 4.69) is 36.5 Å². The number of H-pyrrole nitrogens is 2. The van der Waals surface area contributed by atoms with E-state index in [4.69, 9.17) is 47.4 Å². The van der Waals surface area contributed by atoms with Crippen LogP contribution in [0.1, 0.15) is 134 Å². The Hall–Kier alpha value is -9.81. The maximum atomic E-state index is 14.8. The van der Waals surface area contributed by atoms with Crippen LogP contribution in [0, 0.1) is 25.2 Å². The van der Waals surface area contributed by atoms with Gasteiger partial charge in [-0.3, -0.25) is 59.0 Å². The molecule has 590 valence electrons. The summed E-state index contributed by atoms with van der Waals surface area (Å²) in [6.07, 6.45) is 0.522. The van der Waals surface area contributed by atoms with E-state index in [0.29, 0.717) is 116 Å². The fourth-order valence-electron chi connectivity index (χ4n) is 21.0.